The summed E-state index contributed by atoms with van der Waals surface area (Å²) in [6.45, 7) is 4.21. The lowest BCUT2D eigenvalue weighted by Crippen LogP contribution is -2.47. The van der Waals surface area contributed by atoms with Crippen molar-refractivity contribution in [3.8, 4) is 0 Å². The number of rotatable bonds is 13. The molecule has 8 heteroatoms. The normalized spacial score (nSPS) is 15.0. The predicted octanol–water partition coefficient (Wildman–Crippen LogP) is 4.62. The number of aldehydes is 1. The maximum Gasteiger partial charge on any atom is 0.416 e. The lowest BCUT2D eigenvalue weighted by molar-refractivity contribution is -0.224. The maximum atomic E-state index is 13.0. The van der Waals surface area contributed by atoms with Crippen molar-refractivity contribution in [1.29, 1.82) is 0 Å². The molecular weight excluding hydrogens is 377 g/mol. The third-order valence-electron chi connectivity index (χ3n) is 4.23. The number of aliphatic carboxylic acids is 1. The van der Waals surface area contributed by atoms with Crippen LogP contribution in [0.1, 0.15) is 57.1 Å². The number of alkyl halides is 3. The van der Waals surface area contributed by atoms with Crippen LogP contribution in [-0.2, 0) is 31.7 Å². The first-order valence-corrected chi connectivity index (χ1v) is 9.31. The molecule has 0 saturated heterocycles. The van der Waals surface area contributed by atoms with Gasteiger partial charge in [-0.15, -0.1) is 0 Å². The third-order valence-corrected chi connectivity index (χ3v) is 4.23. The monoisotopic (exact) mass is 404 g/mol. The van der Waals surface area contributed by atoms with Gasteiger partial charge in [-0.1, -0.05) is 44.9 Å². The van der Waals surface area contributed by atoms with Crippen LogP contribution < -0.4 is 0 Å². The van der Waals surface area contributed by atoms with E-state index in [4.69, 9.17) is 9.47 Å². The van der Waals surface area contributed by atoms with E-state index in [0.717, 1.165) is 25.0 Å². The maximum absolute atomic E-state index is 13.0. The summed E-state index contributed by atoms with van der Waals surface area (Å²) in [5.74, 6) is -1.42. The van der Waals surface area contributed by atoms with Crippen molar-refractivity contribution in [1.82, 2.24) is 0 Å². The summed E-state index contributed by atoms with van der Waals surface area (Å²) < 4.78 is 50.2. The minimum Gasteiger partial charge on any atom is -0.479 e. The molecular formula is C20H27F3O5. The van der Waals surface area contributed by atoms with Crippen molar-refractivity contribution in [2.24, 2.45) is 0 Å². The van der Waals surface area contributed by atoms with Crippen LogP contribution >= 0.6 is 0 Å². The molecule has 0 heterocycles. The number of benzene rings is 1. The fourth-order valence-corrected chi connectivity index (χ4v) is 2.72. The van der Waals surface area contributed by atoms with Gasteiger partial charge in [0.1, 0.15) is 6.29 Å². The van der Waals surface area contributed by atoms with Crippen molar-refractivity contribution in [3.63, 3.8) is 0 Å². The van der Waals surface area contributed by atoms with Gasteiger partial charge < -0.3 is 19.4 Å². The van der Waals surface area contributed by atoms with E-state index < -0.39 is 36.0 Å². The summed E-state index contributed by atoms with van der Waals surface area (Å²) in [5, 5.41) is 9.77. The molecule has 0 fully saturated rings. The van der Waals surface area contributed by atoms with Gasteiger partial charge in [0.25, 0.3) is 0 Å². The molecule has 0 aliphatic carbocycles. The van der Waals surface area contributed by atoms with E-state index in [1.165, 1.54) is 12.1 Å². The summed E-state index contributed by atoms with van der Waals surface area (Å²) in [6.07, 6.45) is -3.22. The van der Waals surface area contributed by atoms with E-state index in [0.29, 0.717) is 25.7 Å². The molecule has 0 spiro atoms. The lowest BCUT2D eigenvalue weighted by atomic mass is 9.90. The second kappa shape index (κ2) is 11.2. The molecule has 0 aromatic heterocycles. The first-order chi connectivity index (χ1) is 13.2. The molecule has 1 rings (SSSR count). The number of unbranched alkanes of at least 4 members (excludes halogenated alkanes) is 1. The van der Waals surface area contributed by atoms with E-state index in [-0.39, 0.29) is 12.0 Å². The lowest BCUT2D eigenvalue weighted by Gasteiger charge is -2.32. The number of carbonyl (C=O) groups is 2. The van der Waals surface area contributed by atoms with E-state index in [1.54, 1.807) is 0 Å². The number of ether oxygens (including phenoxy) is 2. The zero-order chi connectivity index (χ0) is 21.2. The molecule has 0 bridgehead atoms. The molecule has 0 aliphatic heterocycles. The standard InChI is InChI=1S/C20H27F3O5/c1-3-5-12-27-17(7-4-2)28-19(10-11-24,18(25)26)14-15-8-6-9-16(13-15)20(21,22)23/h6,8-9,11,13,17H,3-5,7,10,12,14H2,1-2H3,(H,25,26). The minimum absolute atomic E-state index is 0.114. The van der Waals surface area contributed by atoms with Crippen LogP contribution in [0, 0.1) is 0 Å². The smallest absolute Gasteiger partial charge is 0.416 e. The highest BCUT2D eigenvalue weighted by Crippen LogP contribution is 2.32. The van der Waals surface area contributed by atoms with Crippen molar-refractivity contribution in [2.45, 2.75) is 70.4 Å². The Hall–Kier alpha value is -1.93. The Kier molecular flexibility index (Phi) is 9.61. The number of hydrogen-bond acceptors (Lipinski definition) is 4. The number of carboxylic acids is 1. The number of carboxylic acid groups (broad SMARTS) is 1. The van der Waals surface area contributed by atoms with Crippen LogP contribution in [0.25, 0.3) is 0 Å². The van der Waals surface area contributed by atoms with Crippen LogP contribution in [0.15, 0.2) is 24.3 Å². The zero-order valence-corrected chi connectivity index (χ0v) is 16.1. The molecule has 0 radical (unpaired) electrons. The second-order valence-corrected chi connectivity index (χ2v) is 6.61. The largest absolute Gasteiger partial charge is 0.479 e. The van der Waals surface area contributed by atoms with Crippen LogP contribution in [0.2, 0.25) is 0 Å². The summed E-state index contributed by atoms with van der Waals surface area (Å²) in [5.41, 5.74) is -2.78. The van der Waals surface area contributed by atoms with Gasteiger partial charge in [0.15, 0.2) is 11.9 Å². The minimum atomic E-state index is -4.55. The Bertz CT molecular complexity index is 633. The van der Waals surface area contributed by atoms with Crippen LogP contribution in [-0.4, -0.2) is 35.9 Å². The van der Waals surface area contributed by atoms with Crippen molar-refractivity contribution in [2.75, 3.05) is 6.61 Å². The van der Waals surface area contributed by atoms with Crippen LogP contribution in [0.3, 0.4) is 0 Å². The fraction of sp³-hybridized carbons (Fsp3) is 0.600. The van der Waals surface area contributed by atoms with Gasteiger partial charge >= 0.3 is 12.1 Å². The van der Waals surface area contributed by atoms with E-state index in [2.05, 4.69) is 0 Å². The Morgan fingerprint density at radius 2 is 1.96 bits per heavy atom. The third kappa shape index (κ3) is 7.24. The van der Waals surface area contributed by atoms with Gasteiger partial charge in [-0.05, 0) is 24.5 Å². The fourth-order valence-electron chi connectivity index (χ4n) is 2.72. The van der Waals surface area contributed by atoms with Crippen molar-refractivity contribution in [3.05, 3.63) is 35.4 Å². The topological polar surface area (TPSA) is 72.8 Å². The zero-order valence-electron chi connectivity index (χ0n) is 16.1. The van der Waals surface area contributed by atoms with Gasteiger partial charge in [-0.2, -0.15) is 13.2 Å². The van der Waals surface area contributed by atoms with Crippen LogP contribution in [0.4, 0.5) is 13.2 Å². The number of carbonyl (C=O) groups excluding carboxylic acids is 1. The highest BCUT2D eigenvalue weighted by Gasteiger charge is 2.42. The molecule has 2 unspecified atom stereocenters. The Balaban J connectivity index is 3.15. The van der Waals surface area contributed by atoms with Crippen LogP contribution in [0.5, 0.6) is 0 Å². The quantitative estimate of drug-likeness (QED) is 0.295. The van der Waals surface area contributed by atoms with Gasteiger partial charge in [-0.25, -0.2) is 4.79 Å². The molecule has 158 valence electrons. The Morgan fingerprint density at radius 1 is 1.25 bits per heavy atom. The summed E-state index contributed by atoms with van der Waals surface area (Å²) in [6, 6.07) is 4.36. The predicted molar refractivity (Wildman–Crippen MR) is 96.8 cm³/mol. The summed E-state index contributed by atoms with van der Waals surface area (Å²) in [4.78, 5) is 23.2. The average Bonchev–Trinajstić information content (AvgIpc) is 2.61. The summed E-state index contributed by atoms with van der Waals surface area (Å²) >= 11 is 0. The van der Waals surface area contributed by atoms with E-state index in [9.17, 15) is 27.9 Å². The molecule has 2 atom stereocenters. The summed E-state index contributed by atoms with van der Waals surface area (Å²) in [7, 11) is 0. The molecule has 1 N–H and O–H groups in total. The van der Waals surface area contributed by atoms with Crippen molar-refractivity contribution < 1.29 is 37.3 Å². The molecule has 0 saturated carbocycles. The highest BCUT2D eigenvalue weighted by molar-refractivity contribution is 5.81. The van der Waals surface area contributed by atoms with Gasteiger partial charge in [0.05, 0.1) is 5.56 Å². The number of hydrogen-bond donors (Lipinski definition) is 1. The van der Waals surface area contributed by atoms with Crippen molar-refractivity contribution >= 4 is 12.3 Å². The molecule has 28 heavy (non-hydrogen) atoms. The first kappa shape index (κ1) is 24.1. The van der Waals surface area contributed by atoms with Gasteiger partial charge in [0, 0.05) is 19.4 Å². The average molecular weight is 404 g/mol. The SMILES string of the molecule is CCCCOC(CCC)OC(CC=O)(Cc1cccc(C(F)(F)F)c1)C(=O)O. The molecule has 1 aromatic rings. The van der Waals surface area contributed by atoms with E-state index in [1.807, 2.05) is 13.8 Å². The molecule has 1 aromatic carbocycles. The Morgan fingerprint density at radius 3 is 2.50 bits per heavy atom. The molecule has 0 aliphatic rings. The first-order valence-electron chi connectivity index (χ1n) is 9.31. The molecule has 0 amide bonds. The van der Waals surface area contributed by atoms with Gasteiger partial charge in [-0.3, -0.25) is 0 Å². The second-order valence-electron chi connectivity index (χ2n) is 6.61. The number of halogens is 3. The molecule has 5 nitrogen and oxygen atoms in total. The highest BCUT2D eigenvalue weighted by atomic mass is 19.4. The van der Waals surface area contributed by atoms with E-state index >= 15 is 0 Å². The Labute approximate surface area is 162 Å². The van der Waals surface area contributed by atoms with Gasteiger partial charge in [0.2, 0.25) is 0 Å².